The van der Waals surface area contributed by atoms with E-state index in [1.807, 2.05) is 56.3 Å². The molecule has 2 heterocycles. The third-order valence-electron chi connectivity index (χ3n) is 4.48. The molecular formula is C20H18BrN3O3. The van der Waals surface area contributed by atoms with E-state index in [2.05, 4.69) is 26.3 Å². The third kappa shape index (κ3) is 3.42. The van der Waals surface area contributed by atoms with E-state index in [1.54, 1.807) is 4.68 Å². The van der Waals surface area contributed by atoms with Crippen LogP contribution in [-0.2, 0) is 6.54 Å². The number of benzene rings is 2. The molecule has 0 aliphatic carbocycles. The zero-order chi connectivity index (χ0) is 19.0. The Morgan fingerprint density at radius 3 is 2.67 bits per heavy atom. The van der Waals surface area contributed by atoms with Gasteiger partial charge in [-0.25, -0.2) is 4.68 Å². The number of nitrogens with zero attached hydrogens (tertiary/aromatic N) is 2. The number of fused-ring (bicyclic) bond motifs is 1. The second-order valence-corrected chi connectivity index (χ2v) is 7.22. The summed E-state index contributed by atoms with van der Waals surface area (Å²) in [5.41, 5.74) is 3.95. The van der Waals surface area contributed by atoms with Crippen LogP contribution in [0, 0.1) is 13.8 Å². The van der Waals surface area contributed by atoms with Crippen molar-refractivity contribution in [1.82, 2.24) is 15.1 Å². The van der Waals surface area contributed by atoms with Crippen molar-refractivity contribution in [3.63, 3.8) is 0 Å². The number of aromatic nitrogens is 2. The molecule has 3 aromatic rings. The van der Waals surface area contributed by atoms with E-state index in [4.69, 9.17) is 9.47 Å². The standard InChI is InChI=1S/C20H18BrN3O3/c1-12-19(13(2)24(23-12)16-6-4-15(21)5-7-16)20(25)22-10-14-3-8-17-18(9-14)27-11-26-17/h3-9H,10-11H2,1-2H3,(H,22,25). The van der Waals surface area contributed by atoms with Crippen LogP contribution in [0.2, 0.25) is 0 Å². The van der Waals surface area contributed by atoms with Gasteiger partial charge in [0.1, 0.15) is 0 Å². The molecule has 0 fully saturated rings. The van der Waals surface area contributed by atoms with Gasteiger partial charge in [-0.05, 0) is 55.8 Å². The summed E-state index contributed by atoms with van der Waals surface area (Å²) in [5, 5.41) is 7.50. The van der Waals surface area contributed by atoms with Gasteiger partial charge in [-0.1, -0.05) is 22.0 Å². The highest BCUT2D eigenvalue weighted by atomic mass is 79.9. The molecule has 1 aliphatic heterocycles. The second-order valence-electron chi connectivity index (χ2n) is 6.30. The first-order chi connectivity index (χ1) is 13.0. The molecule has 0 unspecified atom stereocenters. The van der Waals surface area contributed by atoms with Crippen molar-refractivity contribution in [3.8, 4) is 17.2 Å². The predicted molar refractivity (Wildman–Crippen MR) is 104 cm³/mol. The number of ether oxygens (including phenoxy) is 2. The largest absolute Gasteiger partial charge is 0.454 e. The van der Waals surface area contributed by atoms with Gasteiger partial charge in [0.05, 0.1) is 22.6 Å². The molecule has 1 amide bonds. The SMILES string of the molecule is Cc1nn(-c2ccc(Br)cc2)c(C)c1C(=O)NCc1ccc2c(c1)OCO2. The van der Waals surface area contributed by atoms with Gasteiger partial charge in [0, 0.05) is 11.0 Å². The molecule has 1 N–H and O–H groups in total. The number of halogens is 1. The van der Waals surface area contributed by atoms with Crippen LogP contribution < -0.4 is 14.8 Å². The van der Waals surface area contributed by atoms with Gasteiger partial charge >= 0.3 is 0 Å². The maximum Gasteiger partial charge on any atom is 0.255 e. The van der Waals surface area contributed by atoms with Crippen LogP contribution in [-0.4, -0.2) is 22.5 Å². The Kier molecular flexibility index (Phi) is 4.61. The normalized spacial score (nSPS) is 12.3. The third-order valence-corrected chi connectivity index (χ3v) is 5.01. The molecule has 6 nitrogen and oxygen atoms in total. The first kappa shape index (κ1) is 17.6. The Labute approximate surface area is 165 Å². The molecule has 0 bridgehead atoms. The van der Waals surface area contributed by atoms with E-state index >= 15 is 0 Å². The molecule has 0 atom stereocenters. The lowest BCUT2D eigenvalue weighted by Gasteiger charge is -2.08. The summed E-state index contributed by atoms with van der Waals surface area (Å²) in [5.74, 6) is 1.29. The van der Waals surface area contributed by atoms with Gasteiger partial charge < -0.3 is 14.8 Å². The van der Waals surface area contributed by atoms with E-state index in [-0.39, 0.29) is 12.7 Å². The van der Waals surface area contributed by atoms with Gasteiger partial charge in [-0.3, -0.25) is 4.79 Å². The molecule has 2 aromatic carbocycles. The summed E-state index contributed by atoms with van der Waals surface area (Å²) in [6.45, 7) is 4.38. The zero-order valence-electron chi connectivity index (χ0n) is 15.0. The van der Waals surface area contributed by atoms with Gasteiger partial charge in [-0.2, -0.15) is 5.10 Å². The molecule has 0 saturated carbocycles. The van der Waals surface area contributed by atoms with Crippen LogP contribution in [0.25, 0.3) is 5.69 Å². The highest BCUT2D eigenvalue weighted by molar-refractivity contribution is 9.10. The summed E-state index contributed by atoms with van der Waals surface area (Å²) >= 11 is 3.43. The van der Waals surface area contributed by atoms with E-state index in [1.165, 1.54) is 0 Å². The average Bonchev–Trinajstić information content (AvgIpc) is 3.24. The predicted octanol–water partition coefficient (Wildman–Crippen LogP) is 3.91. The monoisotopic (exact) mass is 427 g/mol. The number of carbonyl (C=O) groups excluding carboxylic acids is 1. The number of aryl methyl sites for hydroxylation is 1. The number of hydrogen-bond acceptors (Lipinski definition) is 4. The molecule has 138 valence electrons. The fourth-order valence-electron chi connectivity index (χ4n) is 3.13. The molecule has 27 heavy (non-hydrogen) atoms. The molecule has 0 spiro atoms. The maximum absolute atomic E-state index is 12.8. The quantitative estimate of drug-likeness (QED) is 0.685. The van der Waals surface area contributed by atoms with Crippen LogP contribution in [0.3, 0.4) is 0 Å². The van der Waals surface area contributed by atoms with Gasteiger partial charge in [0.25, 0.3) is 5.91 Å². The van der Waals surface area contributed by atoms with Crippen molar-refractivity contribution >= 4 is 21.8 Å². The number of rotatable bonds is 4. The minimum atomic E-state index is -0.147. The lowest BCUT2D eigenvalue weighted by atomic mass is 10.1. The van der Waals surface area contributed by atoms with Crippen LogP contribution in [0.15, 0.2) is 46.9 Å². The molecule has 7 heteroatoms. The Hall–Kier alpha value is -2.80. The van der Waals surface area contributed by atoms with Crippen molar-refractivity contribution in [2.45, 2.75) is 20.4 Å². The number of hydrogen-bond donors (Lipinski definition) is 1. The van der Waals surface area contributed by atoms with Gasteiger partial charge in [0.15, 0.2) is 11.5 Å². The minimum Gasteiger partial charge on any atom is -0.454 e. The summed E-state index contributed by atoms with van der Waals surface area (Å²) < 4.78 is 13.5. The Morgan fingerprint density at radius 2 is 1.89 bits per heavy atom. The molecule has 1 aromatic heterocycles. The van der Waals surface area contributed by atoms with Crippen molar-refractivity contribution in [2.24, 2.45) is 0 Å². The lowest BCUT2D eigenvalue weighted by Crippen LogP contribution is -2.24. The Bertz CT molecular complexity index is 1010. The van der Waals surface area contributed by atoms with Crippen molar-refractivity contribution in [2.75, 3.05) is 6.79 Å². The van der Waals surface area contributed by atoms with E-state index < -0.39 is 0 Å². The average molecular weight is 428 g/mol. The van der Waals surface area contributed by atoms with E-state index in [9.17, 15) is 4.79 Å². The van der Waals surface area contributed by atoms with Gasteiger partial charge in [0.2, 0.25) is 6.79 Å². The highest BCUT2D eigenvalue weighted by Gasteiger charge is 2.20. The first-order valence-corrected chi connectivity index (χ1v) is 9.31. The molecule has 1 aliphatic rings. The van der Waals surface area contributed by atoms with Crippen LogP contribution in [0.4, 0.5) is 0 Å². The number of amides is 1. The summed E-state index contributed by atoms with van der Waals surface area (Å²) in [6.07, 6.45) is 0. The Morgan fingerprint density at radius 1 is 1.15 bits per heavy atom. The fourth-order valence-corrected chi connectivity index (χ4v) is 3.39. The smallest absolute Gasteiger partial charge is 0.255 e. The zero-order valence-corrected chi connectivity index (χ0v) is 16.5. The first-order valence-electron chi connectivity index (χ1n) is 8.52. The van der Waals surface area contributed by atoms with Crippen LogP contribution >= 0.6 is 15.9 Å². The van der Waals surface area contributed by atoms with Crippen LogP contribution in [0.1, 0.15) is 27.3 Å². The molecule has 0 radical (unpaired) electrons. The minimum absolute atomic E-state index is 0.147. The molecular weight excluding hydrogens is 410 g/mol. The van der Waals surface area contributed by atoms with Gasteiger partial charge in [-0.15, -0.1) is 0 Å². The summed E-state index contributed by atoms with van der Waals surface area (Å²) in [4.78, 5) is 12.8. The summed E-state index contributed by atoms with van der Waals surface area (Å²) in [7, 11) is 0. The highest BCUT2D eigenvalue weighted by Crippen LogP contribution is 2.32. The fraction of sp³-hybridized carbons (Fsp3) is 0.200. The van der Waals surface area contributed by atoms with E-state index in [0.29, 0.717) is 23.6 Å². The van der Waals surface area contributed by atoms with Crippen molar-refractivity contribution in [3.05, 3.63) is 69.5 Å². The molecule has 4 rings (SSSR count). The van der Waals surface area contributed by atoms with Crippen LogP contribution in [0.5, 0.6) is 11.5 Å². The summed E-state index contributed by atoms with van der Waals surface area (Å²) in [6, 6.07) is 13.5. The number of nitrogens with one attached hydrogen (secondary N) is 1. The van der Waals surface area contributed by atoms with Crippen molar-refractivity contribution in [1.29, 1.82) is 0 Å². The topological polar surface area (TPSA) is 65.4 Å². The number of carbonyl (C=O) groups is 1. The molecule has 0 saturated heterocycles. The Balaban J connectivity index is 1.53. The van der Waals surface area contributed by atoms with E-state index in [0.717, 1.165) is 27.2 Å². The van der Waals surface area contributed by atoms with Crippen molar-refractivity contribution < 1.29 is 14.3 Å². The maximum atomic E-state index is 12.8. The second kappa shape index (κ2) is 7.08. The lowest BCUT2D eigenvalue weighted by molar-refractivity contribution is 0.0949.